The first kappa shape index (κ1) is 28.5. The van der Waals surface area contributed by atoms with Crippen LogP contribution in [-0.2, 0) is 9.53 Å². The van der Waals surface area contributed by atoms with Gasteiger partial charge >= 0.3 is 11.8 Å². The van der Waals surface area contributed by atoms with E-state index in [0.29, 0.717) is 62.3 Å². The lowest BCUT2D eigenvalue weighted by Crippen LogP contribution is -2.42. The highest BCUT2D eigenvalue weighted by Gasteiger charge is 2.48. The quantitative estimate of drug-likeness (QED) is 0.309. The lowest BCUT2D eigenvalue weighted by molar-refractivity contribution is -0.324. The highest BCUT2D eigenvalue weighted by Crippen LogP contribution is 2.47. The van der Waals surface area contributed by atoms with Crippen molar-refractivity contribution in [2.75, 3.05) is 38.8 Å². The monoisotopic (exact) mass is 575 g/mol. The minimum Gasteiger partial charge on any atom is -0.457 e. The summed E-state index contributed by atoms with van der Waals surface area (Å²) in [7, 11) is 3.63. The number of hydrogen-bond acceptors (Lipinski definition) is 9. The molecule has 6 rings (SSSR count). The number of nitrogens with zero attached hydrogens (tertiary/aromatic N) is 5. The second kappa shape index (κ2) is 11.2. The summed E-state index contributed by atoms with van der Waals surface area (Å²) in [6.45, 7) is 2.01. The van der Waals surface area contributed by atoms with Gasteiger partial charge in [0.1, 0.15) is 5.78 Å². The van der Waals surface area contributed by atoms with Gasteiger partial charge < -0.3 is 15.2 Å². The molecule has 0 aromatic carbocycles. The first-order valence-electron chi connectivity index (χ1n) is 15.1. The number of allylic oxidation sites excluding steroid dienone is 2. The van der Waals surface area contributed by atoms with E-state index in [0.717, 1.165) is 38.6 Å². The SMILES string of the molecule is C#C[C@H](Oc1nc(C(=O)C2=C(N)[C@]3(CCCCC3=O)CCC2)nc2c1N(C)C(=O)/[N+]2=C\C1CCOC1)[C@@H]1CCCN1C. The van der Waals surface area contributed by atoms with E-state index in [1.54, 1.807) is 13.3 Å². The molecule has 1 saturated carbocycles. The second-order valence-corrected chi connectivity index (χ2v) is 12.2. The van der Waals surface area contributed by atoms with E-state index >= 15 is 0 Å². The minimum absolute atomic E-state index is 0.0197. The number of rotatable bonds is 6. The van der Waals surface area contributed by atoms with Gasteiger partial charge in [-0.05, 0) is 65.0 Å². The van der Waals surface area contributed by atoms with E-state index in [1.807, 2.05) is 7.05 Å². The molecule has 1 spiro atoms. The maximum Gasteiger partial charge on any atom is 0.448 e. The summed E-state index contributed by atoms with van der Waals surface area (Å²) in [5, 5.41) is 0. The number of anilines is 1. The predicted octanol–water partition coefficient (Wildman–Crippen LogP) is 2.98. The van der Waals surface area contributed by atoms with Gasteiger partial charge in [-0.3, -0.25) is 14.5 Å². The van der Waals surface area contributed by atoms with Crippen LogP contribution in [0.25, 0.3) is 0 Å². The molecule has 0 bridgehead atoms. The number of carbonyl (C=O) groups excluding carboxylic acids is 3. The lowest BCUT2D eigenvalue weighted by atomic mass is 9.64. The molecule has 1 unspecified atom stereocenters. The Bertz CT molecular complexity index is 1420. The van der Waals surface area contributed by atoms with Crippen molar-refractivity contribution in [2.24, 2.45) is 17.1 Å². The maximum atomic E-state index is 14.1. The zero-order chi connectivity index (χ0) is 29.6. The van der Waals surface area contributed by atoms with Crippen molar-refractivity contribution in [1.82, 2.24) is 14.9 Å². The van der Waals surface area contributed by atoms with Gasteiger partial charge in [0.25, 0.3) is 11.7 Å². The van der Waals surface area contributed by atoms with Crippen molar-refractivity contribution in [2.45, 2.75) is 76.4 Å². The number of ketones is 2. The van der Waals surface area contributed by atoms with Crippen LogP contribution in [0.3, 0.4) is 0 Å². The topological polar surface area (TPSA) is 131 Å². The van der Waals surface area contributed by atoms with Crippen molar-refractivity contribution in [3.8, 4) is 18.2 Å². The Morgan fingerprint density at radius 1 is 1.19 bits per heavy atom. The molecule has 3 fully saturated rings. The summed E-state index contributed by atoms with van der Waals surface area (Å²) in [6.07, 6.45) is 14.4. The molecule has 42 heavy (non-hydrogen) atoms. The molecule has 11 nitrogen and oxygen atoms in total. The van der Waals surface area contributed by atoms with E-state index in [-0.39, 0.29) is 41.3 Å². The van der Waals surface area contributed by atoms with Crippen LogP contribution in [-0.4, -0.2) is 89.3 Å². The highest BCUT2D eigenvalue weighted by molar-refractivity contribution is 6.09. The number of likely N-dealkylation sites (tertiary alicyclic amines) is 1. The summed E-state index contributed by atoms with van der Waals surface area (Å²) in [5.74, 6) is 2.66. The van der Waals surface area contributed by atoms with E-state index in [2.05, 4.69) is 20.8 Å². The van der Waals surface area contributed by atoms with Gasteiger partial charge in [-0.1, -0.05) is 17.3 Å². The number of likely N-dealkylation sites (N-methyl/N-ethyl adjacent to an activating group) is 1. The Balaban J connectivity index is 1.46. The molecule has 222 valence electrons. The molecular formula is C31H39N6O5+. The Morgan fingerprint density at radius 2 is 2.00 bits per heavy atom. The standard InChI is InChI=1S/C31H38N6O5/c1-4-22(21-10-8-15-35(21)2)42-29-24-28(37(30(40)36(24)3)17-19-12-16-41-18-19)33-27(34-29)25(39)20-9-7-14-31(26(20)32)13-6-5-11-23(31)38/h1,17,19,21-22H,5-16,18H2,2-3H3,(H-,32,39)/p+1/b37-17-/t19?,21-,22-,31+/m0/s1. The molecule has 4 atom stereocenters. The van der Waals surface area contributed by atoms with Crippen LogP contribution in [0.15, 0.2) is 11.3 Å². The van der Waals surface area contributed by atoms with Gasteiger partial charge in [-0.15, -0.1) is 6.42 Å². The van der Waals surface area contributed by atoms with Crippen molar-refractivity contribution in [1.29, 1.82) is 0 Å². The number of urea groups is 1. The Labute approximate surface area is 246 Å². The Morgan fingerprint density at radius 3 is 2.69 bits per heavy atom. The van der Waals surface area contributed by atoms with Gasteiger partial charge in [0.2, 0.25) is 11.5 Å². The third-order valence-electron chi connectivity index (χ3n) is 9.68. The van der Waals surface area contributed by atoms with Crippen LogP contribution in [0, 0.1) is 23.7 Å². The normalized spacial score (nSPS) is 29.8. The third kappa shape index (κ3) is 4.71. The first-order chi connectivity index (χ1) is 20.2. The molecule has 2 saturated heterocycles. The summed E-state index contributed by atoms with van der Waals surface area (Å²) >= 11 is 0. The van der Waals surface area contributed by atoms with Crippen molar-refractivity contribution < 1.29 is 28.4 Å². The van der Waals surface area contributed by atoms with Crippen molar-refractivity contribution >= 4 is 35.3 Å². The van der Waals surface area contributed by atoms with Crippen molar-refractivity contribution in [3.63, 3.8) is 0 Å². The van der Waals surface area contributed by atoms with Gasteiger partial charge in [0, 0.05) is 30.2 Å². The molecule has 2 N–H and O–H groups in total. The zero-order valence-corrected chi connectivity index (χ0v) is 24.4. The molecule has 1 aromatic rings. The molecule has 2 amide bonds. The average Bonchev–Trinajstić information content (AvgIpc) is 3.72. The fourth-order valence-electron chi connectivity index (χ4n) is 7.23. The summed E-state index contributed by atoms with van der Waals surface area (Å²) in [4.78, 5) is 53.6. The maximum absolute atomic E-state index is 14.1. The number of Topliss-reactive ketones (excluding diaryl/α,β-unsaturated/α-hetero) is 2. The number of ether oxygens (including phenoxy) is 2. The van der Waals surface area contributed by atoms with Gasteiger partial charge in [-0.2, -0.15) is 9.56 Å². The van der Waals surface area contributed by atoms with E-state index in [4.69, 9.17) is 21.6 Å². The number of nitrogens with two attached hydrogens (primary N) is 1. The van der Waals surface area contributed by atoms with Crippen LogP contribution >= 0.6 is 0 Å². The zero-order valence-electron chi connectivity index (χ0n) is 24.4. The number of terminal acetylenes is 1. The number of hydrogen-bond donors (Lipinski definition) is 1. The minimum atomic E-state index is -0.794. The first-order valence-corrected chi connectivity index (χ1v) is 15.1. The lowest BCUT2D eigenvalue weighted by Gasteiger charge is -2.40. The summed E-state index contributed by atoms with van der Waals surface area (Å²) in [5.41, 5.74) is 6.97. The van der Waals surface area contributed by atoms with Gasteiger partial charge in [0.05, 0.1) is 31.3 Å². The molecule has 2 aliphatic carbocycles. The smallest absolute Gasteiger partial charge is 0.448 e. The molecule has 1 aromatic heterocycles. The number of fused-ring (bicyclic) bond motifs is 1. The Hall–Kier alpha value is -3.62. The molecule has 0 radical (unpaired) electrons. The van der Waals surface area contributed by atoms with Gasteiger partial charge in [0.15, 0.2) is 6.10 Å². The average molecular weight is 576 g/mol. The van der Waals surface area contributed by atoms with E-state index in [1.165, 1.54) is 9.48 Å². The summed E-state index contributed by atoms with van der Waals surface area (Å²) in [6, 6.07) is -0.367. The van der Waals surface area contributed by atoms with Crippen LogP contribution in [0.4, 0.5) is 16.3 Å². The molecule has 11 heteroatoms. The number of amides is 2. The fraction of sp³-hybridized carbons (Fsp3) is 0.613. The second-order valence-electron chi connectivity index (χ2n) is 12.2. The highest BCUT2D eigenvalue weighted by atomic mass is 16.5. The van der Waals surface area contributed by atoms with Crippen LogP contribution < -0.4 is 15.4 Å². The summed E-state index contributed by atoms with van der Waals surface area (Å²) < 4.78 is 13.4. The van der Waals surface area contributed by atoms with E-state index < -0.39 is 17.3 Å². The van der Waals surface area contributed by atoms with Gasteiger partial charge in [-0.25, -0.2) is 9.69 Å². The molecule has 5 aliphatic rings. The fourth-order valence-corrected chi connectivity index (χ4v) is 7.23. The van der Waals surface area contributed by atoms with Crippen molar-refractivity contribution in [3.05, 3.63) is 17.1 Å². The molecule has 4 heterocycles. The van der Waals surface area contributed by atoms with E-state index in [9.17, 15) is 14.4 Å². The number of aromatic nitrogens is 2. The molecular weight excluding hydrogens is 536 g/mol. The van der Waals surface area contributed by atoms with Crippen LogP contribution in [0.5, 0.6) is 5.88 Å². The largest absolute Gasteiger partial charge is 0.457 e. The predicted molar refractivity (Wildman–Crippen MR) is 155 cm³/mol. The van der Waals surface area contributed by atoms with Crippen LogP contribution in [0.2, 0.25) is 0 Å². The Kier molecular flexibility index (Phi) is 7.62. The molecule has 3 aliphatic heterocycles. The third-order valence-corrected chi connectivity index (χ3v) is 9.68. The number of carbonyl (C=O) groups is 3. The van der Waals surface area contributed by atoms with Crippen LogP contribution in [0.1, 0.15) is 74.8 Å².